The van der Waals surface area contributed by atoms with Gasteiger partial charge >= 0.3 is 0 Å². The number of amides is 1. The van der Waals surface area contributed by atoms with Gasteiger partial charge in [-0.3, -0.25) is 9.52 Å². The molecule has 8 heteroatoms. The molecule has 0 bridgehead atoms. The molecule has 1 saturated heterocycles. The van der Waals surface area contributed by atoms with E-state index in [1.807, 2.05) is 24.3 Å². The SMILES string of the molecule is O=C(Nc1ccc(N2CCCC2)cc1)c1ccc(NS(=O)(=O)c2cccs2)cc1. The van der Waals surface area contributed by atoms with Crippen molar-refractivity contribution in [2.45, 2.75) is 17.1 Å². The van der Waals surface area contributed by atoms with Gasteiger partial charge in [-0.25, -0.2) is 8.42 Å². The van der Waals surface area contributed by atoms with Gasteiger partial charge in [0, 0.05) is 35.7 Å². The van der Waals surface area contributed by atoms with Crippen molar-refractivity contribution < 1.29 is 13.2 Å². The van der Waals surface area contributed by atoms with Gasteiger partial charge in [-0.1, -0.05) is 6.07 Å². The van der Waals surface area contributed by atoms with Crippen LogP contribution < -0.4 is 14.9 Å². The van der Waals surface area contributed by atoms with Crippen molar-refractivity contribution in [2.24, 2.45) is 0 Å². The van der Waals surface area contributed by atoms with Crippen LogP contribution in [0.15, 0.2) is 70.3 Å². The molecule has 1 aromatic heterocycles. The summed E-state index contributed by atoms with van der Waals surface area (Å²) in [6, 6.07) is 17.4. The van der Waals surface area contributed by atoms with Gasteiger partial charge in [-0.15, -0.1) is 11.3 Å². The fourth-order valence-electron chi connectivity index (χ4n) is 3.25. The second-order valence-electron chi connectivity index (χ2n) is 6.81. The number of nitrogens with one attached hydrogen (secondary N) is 2. The maximum atomic E-state index is 12.5. The summed E-state index contributed by atoms with van der Waals surface area (Å²) in [5.74, 6) is -0.244. The lowest BCUT2D eigenvalue weighted by Crippen LogP contribution is -2.17. The number of rotatable bonds is 6. The van der Waals surface area contributed by atoms with E-state index in [-0.39, 0.29) is 10.1 Å². The molecule has 0 unspecified atom stereocenters. The zero-order valence-electron chi connectivity index (χ0n) is 15.7. The minimum Gasteiger partial charge on any atom is -0.372 e. The van der Waals surface area contributed by atoms with Gasteiger partial charge in [-0.2, -0.15) is 0 Å². The summed E-state index contributed by atoms with van der Waals surface area (Å²) in [5.41, 5.74) is 2.75. The summed E-state index contributed by atoms with van der Waals surface area (Å²) >= 11 is 1.15. The number of anilines is 3. The molecule has 2 heterocycles. The summed E-state index contributed by atoms with van der Waals surface area (Å²) in [6.45, 7) is 2.16. The first-order valence-corrected chi connectivity index (χ1v) is 11.7. The molecule has 1 aliphatic heterocycles. The summed E-state index contributed by atoms with van der Waals surface area (Å²) in [7, 11) is -3.60. The van der Waals surface area contributed by atoms with Crippen LogP contribution in [0.3, 0.4) is 0 Å². The first kappa shape index (κ1) is 19.5. The standard InChI is InChI=1S/C21H21N3O3S2/c25-21(22-17-9-11-19(12-10-17)24-13-1-2-14-24)16-5-7-18(8-6-16)23-29(26,27)20-4-3-15-28-20/h3-12,15,23H,1-2,13-14H2,(H,22,25). The van der Waals surface area contributed by atoms with Crippen LogP contribution in [-0.2, 0) is 10.0 Å². The average molecular weight is 428 g/mol. The number of nitrogens with zero attached hydrogens (tertiary/aromatic N) is 1. The first-order valence-electron chi connectivity index (χ1n) is 9.34. The van der Waals surface area contributed by atoms with E-state index in [4.69, 9.17) is 0 Å². The quantitative estimate of drug-likeness (QED) is 0.611. The van der Waals surface area contributed by atoms with E-state index in [9.17, 15) is 13.2 Å². The molecule has 0 aliphatic carbocycles. The first-order chi connectivity index (χ1) is 14.0. The third-order valence-corrected chi connectivity index (χ3v) is 7.53. The molecule has 1 amide bonds. The molecule has 4 rings (SSSR count). The Bertz CT molecular complexity index is 1070. The highest BCUT2D eigenvalue weighted by Crippen LogP contribution is 2.23. The van der Waals surface area contributed by atoms with Gasteiger partial charge < -0.3 is 10.2 Å². The molecule has 1 aliphatic rings. The molecule has 0 spiro atoms. The van der Waals surface area contributed by atoms with Gasteiger partial charge in [0.25, 0.3) is 15.9 Å². The molecular weight excluding hydrogens is 406 g/mol. The van der Waals surface area contributed by atoms with Crippen molar-refractivity contribution >= 4 is 44.3 Å². The Kier molecular flexibility index (Phi) is 5.55. The maximum absolute atomic E-state index is 12.5. The number of carbonyl (C=O) groups is 1. The molecule has 2 aromatic carbocycles. The molecule has 1 fully saturated rings. The topological polar surface area (TPSA) is 78.5 Å². The highest BCUT2D eigenvalue weighted by molar-refractivity contribution is 7.94. The van der Waals surface area contributed by atoms with E-state index in [1.54, 1.807) is 41.8 Å². The third kappa shape index (κ3) is 4.60. The Morgan fingerprint density at radius 1 is 0.897 bits per heavy atom. The van der Waals surface area contributed by atoms with Crippen molar-refractivity contribution in [3.05, 3.63) is 71.6 Å². The Hall–Kier alpha value is -2.84. The molecule has 0 atom stereocenters. The maximum Gasteiger partial charge on any atom is 0.271 e. The number of sulfonamides is 1. The van der Waals surface area contributed by atoms with Crippen LogP contribution in [0, 0.1) is 0 Å². The van der Waals surface area contributed by atoms with E-state index in [0.717, 1.165) is 30.1 Å². The van der Waals surface area contributed by atoms with E-state index < -0.39 is 10.0 Å². The Morgan fingerprint density at radius 3 is 2.17 bits per heavy atom. The van der Waals surface area contributed by atoms with Gasteiger partial charge in [-0.05, 0) is 72.8 Å². The van der Waals surface area contributed by atoms with E-state index in [0.29, 0.717) is 11.3 Å². The van der Waals surface area contributed by atoms with E-state index >= 15 is 0 Å². The summed E-state index contributed by atoms with van der Waals surface area (Å²) in [5, 5.41) is 4.58. The fourth-order valence-corrected chi connectivity index (χ4v) is 5.30. The van der Waals surface area contributed by atoms with E-state index in [2.05, 4.69) is 14.9 Å². The lowest BCUT2D eigenvalue weighted by Gasteiger charge is -2.17. The third-order valence-electron chi connectivity index (χ3n) is 4.76. The molecule has 150 valence electrons. The minimum atomic E-state index is -3.60. The second-order valence-corrected chi connectivity index (χ2v) is 9.67. The smallest absolute Gasteiger partial charge is 0.271 e. The molecule has 29 heavy (non-hydrogen) atoms. The van der Waals surface area contributed by atoms with Crippen LogP contribution in [-0.4, -0.2) is 27.4 Å². The van der Waals surface area contributed by atoms with Crippen LogP contribution in [0.2, 0.25) is 0 Å². The van der Waals surface area contributed by atoms with Crippen LogP contribution in [0.4, 0.5) is 17.1 Å². The molecular formula is C21H21N3O3S2. The number of thiophene rings is 1. The molecule has 2 N–H and O–H groups in total. The molecule has 0 saturated carbocycles. The van der Waals surface area contributed by atoms with Crippen molar-refractivity contribution in [2.75, 3.05) is 28.0 Å². The van der Waals surface area contributed by atoms with Gasteiger partial charge in [0.05, 0.1) is 0 Å². The normalized spacial score (nSPS) is 14.0. The predicted molar refractivity (Wildman–Crippen MR) is 117 cm³/mol. The highest BCUT2D eigenvalue weighted by Gasteiger charge is 2.16. The lowest BCUT2D eigenvalue weighted by atomic mass is 10.2. The van der Waals surface area contributed by atoms with Gasteiger partial charge in [0.1, 0.15) is 4.21 Å². The Balaban J connectivity index is 1.39. The van der Waals surface area contributed by atoms with Crippen LogP contribution in [0.25, 0.3) is 0 Å². The average Bonchev–Trinajstić information content (AvgIpc) is 3.43. The van der Waals surface area contributed by atoms with Crippen molar-refractivity contribution in [3.63, 3.8) is 0 Å². The largest absolute Gasteiger partial charge is 0.372 e. The minimum absolute atomic E-state index is 0.244. The molecule has 0 radical (unpaired) electrons. The van der Waals surface area contributed by atoms with Crippen LogP contribution in [0.1, 0.15) is 23.2 Å². The zero-order valence-corrected chi connectivity index (χ0v) is 17.3. The predicted octanol–water partition coefficient (Wildman–Crippen LogP) is 4.40. The van der Waals surface area contributed by atoms with Gasteiger partial charge in [0.2, 0.25) is 0 Å². The summed E-state index contributed by atoms with van der Waals surface area (Å²) in [6.07, 6.45) is 2.44. The van der Waals surface area contributed by atoms with Crippen LogP contribution >= 0.6 is 11.3 Å². The second kappa shape index (κ2) is 8.26. The Labute approximate surface area is 174 Å². The number of hydrogen-bond acceptors (Lipinski definition) is 5. The number of benzene rings is 2. The van der Waals surface area contributed by atoms with Gasteiger partial charge in [0.15, 0.2) is 0 Å². The highest BCUT2D eigenvalue weighted by atomic mass is 32.2. The van der Waals surface area contributed by atoms with E-state index in [1.165, 1.54) is 18.5 Å². The molecule has 6 nitrogen and oxygen atoms in total. The zero-order chi connectivity index (χ0) is 20.3. The van der Waals surface area contributed by atoms with Crippen molar-refractivity contribution in [1.82, 2.24) is 0 Å². The monoisotopic (exact) mass is 427 g/mol. The van der Waals surface area contributed by atoms with Crippen molar-refractivity contribution in [1.29, 1.82) is 0 Å². The Morgan fingerprint density at radius 2 is 1.55 bits per heavy atom. The van der Waals surface area contributed by atoms with Crippen LogP contribution in [0.5, 0.6) is 0 Å². The molecule has 3 aromatic rings. The number of hydrogen-bond donors (Lipinski definition) is 2. The summed E-state index contributed by atoms with van der Waals surface area (Å²) in [4.78, 5) is 14.8. The lowest BCUT2D eigenvalue weighted by molar-refractivity contribution is 0.102. The van der Waals surface area contributed by atoms with Crippen molar-refractivity contribution in [3.8, 4) is 0 Å². The fraction of sp³-hybridized carbons (Fsp3) is 0.190. The number of carbonyl (C=O) groups excluding carboxylic acids is 1. The summed E-state index contributed by atoms with van der Waals surface area (Å²) < 4.78 is 27.3.